The molecular formula is C27H24N2O3. The van der Waals surface area contributed by atoms with E-state index in [4.69, 9.17) is 9.15 Å². The van der Waals surface area contributed by atoms with Crippen molar-refractivity contribution in [3.63, 3.8) is 0 Å². The van der Waals surface area contributed by atoms with Crippen LogP contribution < -0.4 is 4.74 Å². The molecule has 5 heteroatoms. The molecule has 160 valence electrons. The minimum Gasteiger partial charge on any atom is -0.508 e. The highest BCUT2D eigenvalue weighted by Gasteiger charge is 2.13. The smallest absolute Gasteiger partial charge is 0.231 e. The molecule has 0 saturated heterocycles. The zero-order chi connectivity index (χ0) is 21.9. The number of nitrogens with zero attached hydrogens (tertiary/aromatic N) is 2. The molecule has 0 radical (unpaired) electrons. The molecule has 0 aliphatic rings. The van der Waals surface area contributed by atoms with Crippen molar-refractivity contribution in [1.29, 1.82) is 0 Å². The third kappa shape index (κ3) is 3.97. The molecule has 0 aliphatic carbocycles. The van der Waals surface area contributed by atoms with Gasteiger partial charge >= 0.3 is 0 Å². The molecule has 0 unspecified atom stereocenters. The van der Waals surface area contributed by atoms with Crippen LogP contribution in [0.15, 0.2) is 89.3 Å². The fourth-order valence-electron chi connectivity index (χ4n) is 3.91. The van der Waals surface area contributed by atoms with Crippen molar-refractivity contribution in [1.82, 2.24) is 9.55 Å². The van der Waals surface area contributed by atoms with Crippen LogP contribution in [0.3, 0.4) is 0 Å². The summed E-state index contributed by atoms with van der Waals surface area (Å²) in [5, 5.41) is 9.57. The number of benzene rings is 3. The number of aromatic hydroxyl groups is 1. The van der Waals surface area contributed by atoms with Gasteiger partial charge in [0.2, 0.25) is 5.89 Å². The van der Waals surface area contributed by atoms with E-state index >= 15 is 0 Å². The van der Waals surface area contributed by atoms with E-state index < -0.39 is 0 Å². The van der Waals surface area contributed by atoms with Gasteiger partial charge in [0.1, 0.15) is 17.0 Å². The zero-order valence-electron chi connectivity index (χ0n) is 17.9. The highest BCUT2D eigenvalue weighted by atomic mass is 16.5. The second-order valence-corrected chi connectivity index (χ2v) is 7.74. The van der Waals surface area contributed by atoms with Gasteiger partial charge in [0.05, 0.1) is 12.2 Å². The van der Waals surface area contributed by atoms with E-state index in [1.165, 1.54) is 5.69 Å². The first kappa shape index (κ1) is 19.9. The normalized spacial score (nSPS) is 11.2. The topological polar surface area (TPSA) is 60.4 Å². The van der Waals surface area contributed by atoms with Crippen molar-refractivity contribution in [3.8, 4) is 34.2 Å². The molecule has 0 aliphatic heterocycles. The molecule has 32 heavy (non-hydrogen) atoms. The highest BCUT2D eigenvalue weighted by Crippen LogP contribution is 2.32. The van der Waals surface area contributed by atoms with Crippen molar-refractivity contribution in [2.45, 2.75) is 19.9 Å². The van der Waals surface area contributed by atoms with E-state index in [0.29, 0.717) is 12.5 Å². The van der Waals surface area contributed by atoms with Crippen LogP contribution in [0.1, 0.15) is 12.1 Å². The maximum absolute atomic E-state index is 9.57. The lowest BCUT2D eigenvalue weighted by Gasteiger charge is -2.13. The number of rotatable bonds is 7. The van der Waals surface area contributed by atoms with Crippen LogP contribution in [0.5, 0.6) is 11.5 Å². The van der Waals surface area contributed by atoms with Crippen LogP contribution in [0, 0.1) is 6.92 Å². The van der Waals surface area contributed by atoms with Gasteiger partial charge in [-0.15, -0.1) is 0 Å². The van der Waals surface area contributed by atoms with Gasteiger partial charge in [-0.05, 0) is 79.6 Å². The molecule has 5 rings (SSSR count). The fourth-order valence-corrected chi connectivity index (χ4v) is 3.91. The Morgan fingerprint density at radius 3 is 2.53 bits per heavy atom. The number of aryl methyl sites for hydroxylation is 1. The average Bonchev–Trinajstić information content (AvgIpc) is 3.41. The Morgan fingerprint density at radius 2 is 1.69 bits per heavy atom. The number of hydrogen-bond donors (Lipinski definition) is 1. The molecule has 0 atom stereocenters. The van der Waals surface area contributed by atoms with E-state index in [0.717, 1.165) is 46.6 Å². The summed E-state index contributed by atoms with van der Waals surface area (Å²) >= 11 is 0. The lowest BCUT2D eigenvalue weighted by molar-refractivity contribution is 0.302. The Hall–Kier alpha value is -3.99. The highest BCUT2D eigenvalue weighted by molar-refractivity contribution is 5.77. The van der Waals surface area contributed by atoms with Gasteiger partial charge in [-0.1, -0.05) is 24.3 Å². The second kappa shape index (κ2) is 8.63. The lowest BCUT2D eigenvalue weighted by Crippen LogP contribution is -2.07. The predicted molar refractivity (Wildman–Crippen MR) is 126 cm³/mol. The number of hydrogen-bond acceptors (Lipinski definition) is 4. The number of para-hydroxylation sites is 3. The molecule has 5 nitrogen and oxygen atoms in total. The first-order valence-electron chi connectivity index (χ1n) is 10.7. The van der Waals surface area contributed by atoms with E-state index in [1.807, 2.05) is 60.7 Å². The van der Waals surface area contributed by atoms with Crippen LogP contribution in [0.25, 0.3) is 33.8 Å². The second-order valence-electron chi connectivity index (χ2n) is 7.74. The van der Waals surface area contributed by atoms with Crippen LogP contribution in [0.4, 0.5) is 0 Å². The third-order valence-electron chi connectivity index (χ3n) is 5.56. The average molecular weight is 425 g/mol. The summed E-state index contributed by atoms with van der Waals surface area (Å²) in [5.41, 5.74) is 5.86. The standard InChI is InChI=1S/C27H24N2O3/c1-19-11-16-24(20-12-14-21(30)15-13-20)29(19)17-6-18-31-25-9-4-2-7-22(25)27-28-23-8-3-5-10-26(23)32-27/h2-5,7-16,30H,6,17-18H2,1H3. The Labute approximate surface area is 186 Å². The SMILES string of the molecule is Cc1ccc(-c2ccc(O)cc2)n1CCCOc1ccccc1-c1nc2ccccc2o1. The number of aromatic nitrogens is 2. The van der Waals surface area contributed by atoms with Crippen LogP contribution >= 0.6 is 0 Å². The van der Waals surface area contributed by atoms with Gasteiger partial charge in [0.15, 0.2) is 5.58 Å². The van der Waals surface area contributed by atoms with Crippen LogP contribution in [-0.2, 0) is 6.54 Å². The van der Waals surface area contributed by atoms with Crippen LogP contribution in [-0.4, -0.2) is 21.3 Å². The Balaban J connectivity index is 1.28. The Bertz CT molecular complexity index is 1320. The molecule has 0 amide bonds. The number of fused-ring (bicyclic) bond motifs is 1. The monoisotopic (exact) mass is 424 g/mol. The largest absolute Gasteiger partial charge is 0.508 e. The van der Waals surface area contributed by atoms with Gasteiger partial charge in [0, 0.05) is 17.9 Å². The van der Waals surface area contributed by atoms with E-state index in [-0.39, 0.29) is 5.75 Å². The summed E-state index contributed by atoms with van der Waals surface area (Å²) in [6.45, 7) is 3.51. The van der Waals surface area contributed by atoms with Crippen molar-refractivity contribution < 1.29 is 14.3 Å². The first-order valence-corrected chi connectivity index (χ1v) is 10.7. The summed E-state index contributed by atoms with van der Waals surface area (Å²) in [4.78, 5) is 4.61. The lowest BCUT2D eigenvalue weighted by atomic mass is 10.1. The maximum Gasteiger partial charge on any atom is 0.231 e. The van der Waals surface area contributed by atoms with Gasteiger partial charge < -0.3 is 18.8 Å². The van der Waals surface area contributed by atoms with Crippen LogP contribution in [0.2, 0.25) is 0 Å². The van der Waals surface area contributed by atoms with E-state index in [9.17, 15) is 5.11 Å². The number of oxazole rings is 1. The summed E-state index contributed by atoms with van der Waals surface area (Å²) in [6, 6.07) is 27.1. The zero-order valence-corrected chi connectivity index (χ0v) is 17.9. The van der Waals surface area contributed by atoms with Gasteiger partial charge in [-0.2, -0.15) is 0 Å². The summed E-state index contributed by atoms with van der Waals surface area (Å²) < 4.78 is 14.4. The number of phenols is 1. The third-order valence-corrected chi connectivity index (χ3v) is 5.56. The minimum absolute atomic E-state index is 0.273. The van der Waals surface area contributed by atoms with Gasteiger partial charge in [-0.3, -0.25) is 0 Å². The maximum atomic E-state index is 9.57. The number of phenolic OH excluding ortho intramolecular Hbond substituents is 1. The minimum atomic E-state index is 0.273. The first-order chi connectivity index (χ1) is 15.7. The van der Waals surface area contributed by atoms with Crippen molar-refractivity contribution >= 4 is 11.1 Å². The molecule has 0 fully saturated rings. The van der Waals surface area contributed by atoms with Crippen molar-refractivity contribution in [2.24, 2.45) is 0 Å². The van der Waals surface area contributed by atoms with Crippen molar-refractivity contribution in [2.75, 3.05) is 6.61 Å². The summed E-state index contributed by atoms with van der Waals surface area (Å²) in [5.74, 6) is 1.61. The Kier molecular flexibility index (Phi) is 5.38. The molecule has 2 aromatic heterocycles. The molecular weight excluding hydrogens is 400 g/mol. The Morgan fingerprint density at radius 1 is 0.906 bits per heavy atom. The quantitative estimate of drug-likeness (QED) is 0.305. The molecule has 2 heterocycles. The number of ether oxygens (including phenoxy) is 1. The molecule has 0 bridgehead atoms. The van der Waals surface area contributed by atoms with Gasteiger partial charge in [0.25, 0.3) is 0 Å². The fraction of sp³-hybridized carbons (Fsp3) is 0.148. The summed E-state index contributed by atoms with van der Waals surface area (Å²) in [7, 11) is 0. The molecule has 0 saturated carbocycles. The predicted octanol–water partition coefficient (Wildman–Crippen LogP) is 6.45. The van der Waals surface area contributed by atoms with E-state index in [1.54, 1.807) is 12.1 Å². The molecule has 5 aromatic rings. The van der Waals surface area contributed by atoms with Crippen molar-refractivity contribution in [3.05, 3.63) is 90.6 Å². The molecule has 1 N–H and O–H groups in total. The summed E-state index contributed by atoms with van der Waals surface area (Å²) in [6.07, 6.45) is 0.850. The molecule has 0 spiro atoms. The van der Waals surface area contributed by atoms with E-state index in [2.05, 4.69) is 28.6 Å². The molecule has 3 aromatic carbocycles. The van der Waals surface area contributed by atoms with Gasteiger partial charge in [-0.25, -0.2) is 4.98 Å².